The number of hydrogen-bond donors (Lipinski definition) is 1. The Morgan fingerprint density at radius 3 is 2.96 bits per heavy atom. The second kappa shape index (κ2) is 7.52. The molecule has 1 heterocycles. The fraction of sp³-hybridized carbons (Fsp3) is 0.400. The summed E-state index contributed by atoms with van der Waals surface area (Å²) in [6.07, 6.45) is 0.499. The van der Waals surface area contributed by atoms with E-state index in [4.69, 9.17) is 20.9 Å². The van der Waals surface area contributed by atoms with Gasteiger partial charge in [0.1, 0.15) is 11.9 Å². The molecule has 0 bridgehead atoms. The van der Waals surface area contributed by atoms with E-state index >= 15 is 0 Å². The molecule has 0 aliphatic heterocycles. The monoisotopic (exact) mass is 341 g/mol. The molecule has 0 saturated heterocycles. The summed E-state index contributed by atoms with van der Waals surface area (Å²) in [5, 5.41) is 6.47. The fourth-order valence-corrected chi connectivity index (χ4v) is 2.17. The summed E-state index contributed by atoms with van der Waals surface area (Å²) in [6, 6.07) is 2.14. The summed E-state index contributed by atoms with van der Waals surface area (Å²) in [7, 11) is 1.57. The van der Waals surface area contributed by atoms with Crippen LogP contribution in [0.5, 0.6) is 0 Å². The number of nitrogens with zero attached hydrogens (tertiary/aromatic N) is 2. The molecule has 2 aromatic rings. The third kappa shape index (κ3) is 4.05. The Labute approximate surface area is 138 Å². The van der Waals surface area contributed by atoms with Gasteiger partial charge in [0.15, 0.2) is 5.82 Å². The summed E-state index contributed by atoms with van der Waals surface area (Å²) >= 11 is 6.02. The number of carbonyl (C=O) groups excluding carboxylic acids is 1. The normalized spacial score (nSPS) is 12.2. The Bertz CT molecular complexity index is 705. The molecule has 1 amide bonds. The number of rotatable bonds is 6. The predicted octanol–water partition coefficient (Wildman–Crippen LogP) is 2.85. The van der Waals surface area contributed by atoms with Crippen LogP contribution in [0.3, 0.4) is 0 Å². The zero-order valence-electron chi connectivity index (χ0n) is 13.0. The maximum absolute atomic E-state index is 13.9. The molecule has 0 spiro atoms. The van der Waals surface area contributed by atoms with Crippen molar-refractivity contribution in [2.75, 3.05) is 13.7 Å². The maximum atomic E-state index is 13.9. The first-order chi connectivity index (χ1) is 10.9. The minimum absolute atomic E-state index is 0.0843. The van der Waals surface area contributed by atoms with E-state index < -0.39 is 17.8 Å². The van der Waals surface area contributed by atoms with Crippen molar-refractivity contribution in [2.24, 2.45) is 0 Å². The SMILES string of the molecule is COCCc1noc(C(C)NC(=O)c2c(F)ccc(C)c2Cl)n1. The number of carbonyl (C=O) groups is 1. The lowest BCUT2D eigenvalue weighted by molar-refractivity contribution is 0.0928. The summed E-state index contributed by atoms with van der Waals surface area (Å²) in [5.41, 5.74) is 0.420. The first kappa shape index (κ1) is 17.4. The van der Waals surface area contributed by atoms with Crippen molar-refractivity contribution >= 4 is 17.5 Å². The smallest absolute Gasteiger partial charge is 0.256 e. The molecule has 1 atom stereocenters. The topological polar surface area (TPSA) is 77.3 Å². The van der Waals surface area contributed by atoms with Crippen LogP contribution in [0, 0.1) is 12.7 Å². The number of halogens is 2. The third-order valence-corrected chi connectivity index (χ3v) is 3.73. The van der Waals surface area contributed by atoms with Crippen molar-refractivity contribution < 1.29 is 18.4 Å². The zero-order chi connectivity index (χ0) is 17.0. The molecule has 1 aromatic heterocycles. The van der Waals surface area contributed by atoms with E-state index in [1.807, 2.05) is 0 Å². The highest BCUT2D eigenvalue weighted by molar-refractivity contribution is 6.34. The van der Waals surface area contributed by atoms with Gasteiger partial charge in [-0.2, -0.15) is 4.98 Å². The Kier molecular flexibility index (Phi) is 5.68. The van der Waals surface area contributed by atoms with Crippen LogP contribution in [0.4, 0.5) is 4.39 Å². The lowest BCUT2D eigenvalue weighted by Gasteiger charge is -2.12. The molecule has 8 heteroatoms. The number of ether oxygens (including phenoxy) is 1. The molecule has 2 rings (SSSR count). The molecule has 23 heavy (non-hydrogen) atoms. The molecular formula is C15H17ClFN3O3. The zero-order valence-corrected chi connectivity index (χ0v) is 13.8. The van der Waals surface area contributed by atoms with E-state index in [1.165, 1.54) is 12.1 Å². The Morgan fingerprint density at radius 1 is 1.52 bits per heavy atom. The Morgan fingerprint density at radius 2 is 2.26 bits per heavy atom. The number of benzene rings is 1. The van der Waals surface area contributed by atoms with Crippen molar-refractivity contribution in [3.05, 3.63) is 45.8 Å². The van der Waals surface area contributed by atoms with Gasteiger partial charge in [-0.05, 0) is 25.5 Å². The van der Waals surface area contributed by atoms with Crippen molar-refractivity contribution in [2.45, 2.75) is 26.3 Å². The number of hydrogen-bond acceptors (Lipinski definition) is 5. The van der Waals surface area contributed by atoms with Gasteiger partial charge in [0.05, 0.1) is 17.2 Å². The minimum Gasteiger partial charge on any atom is -0.384 e. The largest absolute Gasteiger partial charge is 0.384 e. The number of methoxy groups -OCH3 is 1. The maximum Gasteiger partial charge on any atom is 0.256 e. The average Bonchev–Trinajstić information content (AvgIpc) is 2.98. The molecule has 124 valence electrons. The first-order valence-corrected chi connectivity index (χ1v) is 7.38. The molecule has 0 radical (unpaired) electrons. The van der Waals surface area contributed by atoms with E-state index in [-0.39, 0.29) is 16.5 Å². The van der Waals surface area contributed by atoms with E-state index in [1.54, 1.807) is 21.0 Å². The molecule has 6 nitrogen and oxygen atoms in total. The van der Waals surface area contributed by atoms with Crippen molar-refractivity contribution in [1.29, 1.82) is 0 Å². The highest BCUT2D eigenvalue weighted by atomic mass is 35.5. The lowest BCUT2D eigenvalue weighted by Crippen LogP contribution is -2.28. The number of nitrogens with one attached hydrogen (secondary N) is 1. The highest BCUT2D eigenvalue weighted by Gasteiger charge is 2.22. The van der Waals surface area contributed by atoms with Crippen LogP contribution in [0.2, 0.25) is 5.02 Å². The van der Waals surface area contributed by atoms with Gasteiger partial charge >= 0.3 is 0 Å². The summed E-state index contributed by atoms with van der Waals surface area (Å²) in [4.78, 5) is 16.4. The Balaban J connectivity index is 2.11. The highest BCUT2D eigenvalue weighted by Crippen LogP contribution is 2.24. The van der Waals surface area contributed by atoms with Gasteiger partial charge in [-0.25, -0.2) is 4.39 Å². The molecule has 0 saturated carbocycles. The number of aromatic nitrogens is 2. The standard InChI is InChI=1S/C15H17ClFN3O3/c1-8-4-5-10(17)12(13(8)16)14(21)18-9(2)15-19-11(20-23-15)6-7-22-3/h4-5,9H,6-7H2,1-3H3,(H,18,21). The van der Waals surface area contributed by atoms with Gasteiger partial charge in [-0.3, -0.25) is 4.79 Å². The van der Waals surface area contributed by atoms with Crippen molar-refractivity contribution in [3.8, 4) is 0 Å². The molecular weight excluding hydrogens is 325 g/mol. The van der Waals surface area contributed by atoms with Crippen molar-refractivity contribution in [1.82, 2.24) is 15.5 Å². The van der Waals surface area contributed by atoms with Gasteiger partial charge in [-0.1, -0.05) is 22.8 Å². The minimum atomic E-state index is -0.684. The fourth-order valence-electron chi connectivity index (χ4n) is 1.93. The van der Waals surface area contributed by atoms with Gasteiger partial charge in [0, 0.05) is 13.5 Å². The van der Waals surface area contributed by atoms with Crippen molar-refractivity contribution in [3.63, 3.8) is 0 Å². The van der Waals surface area contributed by atoms with E-state index in [9.17, 15) is 9.18 Å². The molecule has 0 aliphatic carbocycles. The van der Waals surface area contributed by atoms with Gasteiger partial charge in [-0.15, -0.1) is 0 Å². The first-order valence-electron chi connectivity index (χ1n) is 7.01. The number of aryl methyl sites for hydroxylation is 1. The quantitative estimate of drug-likeness (QED) is 0.874. The molecule has 0 fully saturated rings. The van der Waals surface area contributed by atoms with Crippen LogP contribution < -0.4 is 5.32 Å². The Hall–Kier alpha value is -1.99. The van der Waals surface area contributed by atoms with E-state index in [0.29, 0.717) is 24.4 Å². The van der Waals surface area contributed by atoms with Gasteiger partial charge in [0.2, 0.25) is 5.89 Å². The summed E-state index contributed by atoms with van der Waals surface area (Å²) in [5.74, 6) is -0.617. The second-order valence-electron chi connectivity index (χ2n) is 5.04. The van der Waals surface area contributed by atoms with Gasteiger partial charge < -0.3 is 14.6 Å². The summed E-state index contributed by atoms with van der Waals surface area (Å²) in [6.45, 7) is 3.82. The van der Waals surface area contributed by atoms with Crippen LogP contribution in [0.1, 0.15) is 40.6 Å². The molecule has 1 aromatic carbocycles. The molecule has 1 unspecified atom stereocenters. The van der Waals surface area contributed by atoms with Crippen LogP contribution in [0.25, 0.3) is 0 Å². The number of amides is 1. The van der Waals surface area contributed by atoms with Crippen LogP contribution in [0.15, 0.2) is 16.7 Å². The van der Waals surface area contributed by atoms with Gasteiger partial charge in [0.25, 0.3) is 5.91 Å². The van der Waals surface area contributed by atoms with E-state index in [2.05, 4.69) is 15.5 Å². The van der Waals surface area contributed by atoms with E-state index in [0.717, 1.165) is 0 Å². The average molecular weight is 342 g/mol. The van der Waals surface area contributed by atoms with Crippen LogP contribution in [-0.2, 0) is 11.2 Å². The predicted molar refractivity (Wildman–Crippen MR) is 81.9 cm³/mol. The lowest BCUT2D eigenvalue weighted by atomic mass is 10.1. The second-order valence-corrected chi connectivity index (χ2v) is 5.42. The molecule has 1 N–H and O–H groups in total. The van der Waals surface area contributed by atoms with Crippen LogP contribution in [-0.4, -0.2) is 29.8 Å². The third-order valence-electron chi connectivity index (χ3n) is 3.24. The van der Waals surface area contributed by atoms with Crippen LogP contribution >= 0.6 is 11.6 Å². The molecule has 0 aliphatic rings. The summed E-state index contributed by atoms with van der Waals surface area (Å²) < 4.78 is 23.9.